The first-order valence-electron chi connectivity index (χ1n) is 5.70. The molecule has 1 amide bonds. The fraction of sp³-hybridized carbons (Fsp3) is 0.636. The highest BCUT2D eigenvalue weighted by Gasteiger charge is 2.36. The molecule has 6 heteroatoms. The van der Waals surface area contributed by atoms with Crippen molar-refractivity contribution in [3.05, 3.63) is 18.5 Å². The van der Waals surface area contributed by atoms with E-state index in [4.69, 9.17) is 4.74 Å². The van der Waals surface area contributed by atoms with Crippen molar-refractivity contribution in [2.45, 2.75) is 12.1 Å². The number of hydrogen-bond donors (Lipinski definition) is 1. The van der Waals surface area contributed by atoms with Crippen LogP contribution in [0.3, 0.4) is 0 Å². The van der Waals surface area contributed by atoms with Gasteiger partial charge in [0, 0.05) is 32.6 Å². The average molecular weight is 238 g/mol. The van der Waals surface area contributed by atoms with E-state index in [0.717, 1.165) is 0 Å². The van der Waals surface area contributed by atoms with E-state index in [1.807, 2.05) is 21.8 Å². The number of nitrogens with zero attached hydrogens (tertiary/aromatic N) is 3. The summed E-state index contributed by atoms with van der Waals surface area (Å²) in [5.74, 6) is 0.101. The van der Waals surface area contributed by atoms with E-state index in [0.29, 0.717) is 19.6 Å². The van der Waals surface area contributed by atoms with Gasteiger partial charge in [0.1, 0.15) is 0 Å². The molecule has 1 saturated heterocycles. The molecule has 1 fully saturated rings. The van der Waals surface area contributed by atoms with Gasteiger partial charge in [-0.15, -0.1) is 0 Å². The Morgan fingerprint density at radius 2 is 2.41 bits per heavy atom. The molecule has 1 aliphatic rings. The van der Waals surface area contributed by atoms with Crippen LogP contribution in [0.1, 0.15) is 6.04 Å². The zero-order chi connectivity index (χ0) is 12.3. The van der Waals surface area contributed by atoms with Crippen molar-refractivity contribution in [3.8, 4) is 0 Å². The summed E-state index contributed by atoms with van der Waals surface area (Å²) >= 11 is 0. The Kier molecular flexibility index (Phi) is 3.75. The van der Waals surface area contributed by atoms with Gasteiger partial charge in [0.25, 0.3) is 0 Å². The Morgan fingerprint density at radius 3 is 3.00 bits per heavy atom. The zero-order valence-electron chi connectivity index (χ0n) is 10.2. The lowest BCUT2D eigenvalue weighted by Gasteiger charge is -2.16. The summed E-state index contributed by atoms with van der Waals surface area (Å²) in [7, 11) is 3.44. The van der Waals surface area contributed by atoms with E-state index >= 15 is 0 Å². The van der Waals surface area contributed by atoms with Gasteiger partial charge in [0.05, 0.1) is 18.7 Å². The van der Waals surface area contributed by atoms with Gasteiger partial charge in [-0.25, -0.2) is 0 Å². The van der Waals surface area contributed by atoms with Crippen molar-refractivity contribution in [1.82, 2.24) is 20.0 Å². The third kappa shape index (κ3) is 2.48. The lowest BCUT2D eigenvalue weighted by atomic mass is 10.2. The molecular formula is C11H18N4O2. The smallest absolute Gasteiger partial charge is 0.236 e. The van der Waals surface area contributed by atoms with Crippen molar-refractivity contribution in [3.63, 3.8) is 0 Å². The first kappa shape index (κ1) is 12.1. The average Bonchev–Trinajstić information content (AvgIpc) is 2.97. The van der Waals surface area contributed by atoms with E-state index in [2.05, 4.69) is 10.4 Å². The topological polar surface area (TPSA) is 59.4 Å². The molecule has 94 valence electrons. The first-order valence-corrected chi connectivity index (χ1v) is 5.70. The predicted octanol–water partition coefficient (Wildman–Crippen LogP) is -0.499. The van der Waals surface area contributed by atoms with Crippen LogP contribution in [0.4, 0.5) is 0 Å². The molecule has 0 unspecified atom stereocenters. The Labute approximate surface area is 101 Å². The SMILES string of the molecule is CNCC(=O)N1C[C@H](OC)[C@H](n2cccn2)C1. The predicted molar refractivity (Wildman–Crippen MR) is 62.6 cm³/mol. The number of methoxy groups -OCH3 is 1. The second kappa shape index (κ2) is 5.29. The lowest BCUT2D eigenvalue weighted by Crippen LogP contribution is -2.36. The van der Waals surface area contributed by atoms with E-state index in [9.17, 15) is 4.79 Å². The van der Waals surface area contributed by atoms with E-state index in [-0.39, 0.29) is 18.1 Å². The van der Waals surface area contributed by atoms with Gasteiger partial charge in [-0.2, -0.15) is 5.10 Å². The largest absolute Gasteiger partial charge is 0.377 e. The second-order valence-electron chi connectivity index (χ2n) is 4.16. The standard InChI is InChI=1S/C11H18N4O2/c1-12-6-11(16)14-7-9(10(8-14)17-2)15-5-3-4-13-15/h3-5,9-10,12H,6-8H2,1-2H3/t9-,10+/m1/s1. The maximum Gasteiger partial charge on any atom is 0.236 e. The minimum Gasteiger partial charge on any atom is -0.377 e. The maximum absolute atomic E-state index is 11.8. The van der Waals surface area contributed by atoms with Crippen LogP contribution >= 0.6 is 0 Å². The molecule has 0 radical (unpaired) electrons. The minimum atomic E-state index is 0.00991. The molecule has 2 atom stereocenters. The van der Waals surface area contributed by atoms with Crippen LogP contribution in [-0.4, -0.2) is 60.5 Å². The molecule has 0 aliphatic carbocycles. The van der Waals surface area contributed by atoms with Gasteiger partial charge < -0.3 is 15.0 Å². The number of rotatable bonds is 4. The number of carbonyl (C=O) groups is 1. The summed E-state index contributed by atoms with van der Waals surface area (Å²) in [5.41, 5.74) is 0. The number of aromatic nitrogens is 2. The van der Waals surface area contributed by atoms with Crippen LogP contribution < -0.4 is 5.32 Å². The summed E-state index contributed by atoms with van der Waals surface area (Å²) in [6.45, 7) is 1.64. The van der Waals surface area contributed by atoms with Crippen LogP contribution in [0.25, 0.3) is 0 Å². The molecule has 0 saturated carbocycles. The fourth-order valence-electron chi connectivity index (χ4n) is 2.19. The second-order valence-corrected chi connectivity index (χ2v) is 4.16. The summed E-state index contributed by atoms with van der Waals surface area (Å²) in [4.78, 5) is 13.6. The van der Waals surface area contributed by atoms with Crippen LogP contribution in [0.15, 0.2) is 18.5 Å². The van der Waals surface area contributed by atoms with Gasteiger partial charge in [-0.3, -0.25) is 9.48 Å². The van der Waals surface area contributed by atoms with Gasteiger partial charge in [0.15, 0.2) is 0 Å². The summed E-state index contributed by atoms with van der Waals surface area (Å²) in [6.07, 6.45) is 3.66. The lowest BCUT2D eigenvalue weighted by molar-refractivity contribution is -0.129. The maximum atomic E-state index is 11.8. The van der Waals surface area contributed by atoms with Crippen molar-refractivity contribution < 1.29 is 9.53 Å². The summed E-state index contributed by atoms with van der Waals surface area (Å²) in [6, 6.07) is 1.99. The summed E-state index contributed by atoms with van der Waals surface area (Å²) in [5, 5.41) is 7.09. The molecule has 0 aromatic carbocycles. The van der Waals surface area contributed by atoms with Gasteiger partial charge in [-0.1, -0.05) is 0 Å². The molecule has 1 aromatic heterocycles. The Bertz CT molecular complexity index is 366. The zero-order valence-corrected chi connectivity index (χ0v) is 10.2. The first-order chi connectivity index (χ1) is 8.26. The number of carbonyl (C=O) groups excluding carboxylic acids is 1. The molecule has 17 heavy (non-hydrogen) atoms. The highest BCUT2D eigenvalue weighted by atomic mass is 16.5. The highest BCUT2D eigenvalue weighted by Crippen LogP contribution is 2.23. The number of likely N-dealkylation sites (tertiary alicyclic amines) is 1. The third-order valence-electron chi connectivity index (χ3n) is 3.09. The van der Waals surface area contributed by atoms with Gasteiger partial charge in [0.2, 0.25) is 5.91 Å². The normalized spacial score (nSPS) is 24.2. The molecule has 1 N–H and O–H groups in total. The number of hydrogen-bond acceptors (Lipinski definition) is 4. The van der Waals surface area contributed by atoms with Crippen molar-refractivity contribution in [1.29, 1.82) is 0 Å². The number of ether oxygens (including phenoxy) is 1. The molecular weight excluding hydrogens is 220 g/mol. The quantitative estimate of drug-likeness (QED) is 0.768. The number of amides is 1. The van der Waals surface area contributed by atoms with E-state index in [1.165, 1.54) is 0 Å². The molecule has 0 spiro atoms. The van der Waals surface area contributed by atoms with E-state index < -0.39 is 0 Å². The van der Waals surface area contributed by atoms with E-state index in [1.54, 1.807) is 20.4 Å². The van der Waals surface area contributed by atoms with Crippen molar-refractivity contribution in [2.24, 2.45) is 0 Å². The summed E-state index contributed by atoms with van der Waals surface area (Å²) < 4.78 is 7.29. The molecule has 2 heterocycles. The van der Waals surface area contributed by atoms with Gasteiger partial charge >= 0.3 is 0 Å². The number of likely N-dealkylation sites (N-methyl/N-ethyl adjacent to an activating group) is 1. The van der Waals surface area contributed by atoms with Crippen molar-refractivity contribution >= 4 is 5.91 Å². The van der Waals surface area contributed by atoms with Crippen LogP contribution in [-0.2, 0) is 9.53 Å². The third-order valence-corrected chi connectivity index (χ3v) is 3.09. The van der Waals surface area contributed by atoms with Crippen LogP contribution in [0, 0.1) is 0 Å². The molecule has 6 nitrogen and oxygen atoms in total. The molecule has 1 aromatic rings. The Balaban J connectivity index is 2.06. The minimum absolute atomic E-state index is 0.00991. The molecule has 2 rings (SSSR count). The monoisotopic (exact) mass is 238 g/mol. The van der Waals surface area contributed by atoms with Crippen molar-refractivity contribution in [2.75, 3.05) is 33.8 Å². The fourth-order valence-corrected chi connectivity index (χ4v) is 2.19. The molecule has 0 bridgehead atoms. The van der Waals surface area contributed by atoms with Crippen LogP contribution in [0.2, 0.25) is 0 Å². The Morgan fingerprint density at radius 1 is 1.59 bits per heavy atom. The highest BCUT2D eigenvalue weighted by molar-refractivity contribution is 5.78. The Hall–Kier alpha value is -1.40. The van der Waals surface area contributed by atoms with Crippen LogP contribution in [0.5, 0.6) is 0 Å². The van der Waals surface area contributed by atoms with Gasteiger partial charge in [-0.05, 0) is 13.1 Å². The molecule has 1 aliphatic heterocycles. The number of nitrogens with one attached hydrogen (secondary N) is 1.